The van der Waals surface area contributed by atoms with Gasteiger partial charge in [-0.2, -0.15) is 5.10 Å². The van der Waals surface area contributed by atoms with Gasteiger partial charge in [-0.25, -0.2) is 5.43 Å². The van der Waals surface area contributed by atoms with Crippen molar-refractivity contribution in [1.82, 2.24) is 5.43 Å². The number of rotatable bonds is 2. The number of benzene rings is 1. The van der Waals surface area contributed by atoms with E-state index in [0.29, 0.717) is 5.56 Å². The van der Waals surface area contributed by atoms with Crippen LogP contribution in [0.3, 0.4) is 0 Å². The predicted molar refractivity (Wildman–Crippen MR) is 48.3 cm³/mol. The minimum absolute atomic E-state index is 0.0516. The monoisotopic (exact) mass is 179 g/mol. The van der Waals surface area contributed by atoms with E-state index in [-0.39, 0.29) is 11.9 Å². The molecule has 0 aliphatic rings. The Kier molecular flexibility index (Phi) is 2.86. The lowest BCUT2D eigenvalue weighted by atomic mass is 10.2. The number of hydrazone groups is 1. The maximum atomic E-state index is 11.3. The molecule has 0 bridgehead atoms. The van der Waals surface area contributed by atoms with Gasteiger partial charge in [0.05, 0.1) is 0 Å². The molecule has 6 N–H and O–H groups in total. The maximum Gasteiger partial charge on any atom is 0.360 e. The van der Waals surface area contributed by atoms with E-state index in [1.54, 1.807) is 24.3 Å². The summed E-state index contributed by atoms with van der Waals surface area (Å²) < 4.78 is 0. The van der Waals surface area contributed by atoms with E-state index in [1.807, 2.05) is 6.07 Å². The molecule has 0 spiro atoms. The van der Waals surface area contributed by atoms with Crippen molar-refractivity contribution in [3.8, 4) is 0 Å². The highest BCUT2D eigenvalue weighted by Gasteiger charge is 2.02. The van der Waals surface area contributed by atoms with Crippen molar-refractivity contribution in [2.24, 2.45) is 11.5 Å². The molecule has 5 nitrogen and oxygen atoms in total. The topological polar surface area (TPSA) is 95.1 Å². The molecule has 0 aliphatic carbocycles. The second kappa shape index (κ2) is 4.10. The van der Waals surface area contributed by atoms with Crippen LogP contribution in [-0.4, -0.2) is 11.9 Å². The highest BCUT2D eigenvalue weighted by atomic mass is 16.2. The SMILES string of the molecule is NC(N)=[NH+]NC(=O)c1ccccc1. The average molecular weight is 179 g/mol. The first-order valence-corrected chi connectivity index (χ1v) is 3.69. The standard InChI is InChI=1S/C8H10N4O/c9-8(10)12-11-7(13)6-4-2-1-3-5-6/h1-5H,(H,11,13)(H4,9,10,12)/p+1. The quantitative estimate of drug-likeness (QED) is 0.233. The average Bonchev–Trinajstić information content (AvgIpc) is 2.15. The van der Waals surface area contributed by atoms with Crippen molar-refractivity contribution in [2.45, 2.75) is 0 Å². The summed E-state index contributed by atoms with van der Waals surface area (Å²) in [4.78, 5) is 11.3. The van der Waals surface area contributed by atoms with Gasteiger partial charge >= 0.3 is 5.96 Å². The Hall–Kier alpha value is -2.04. The third-order valence-electron chi connectivity index (χ3n) is 1.36. The van der Waals surface area contributed by atoms with Crippen LogP contribution < -0.4 is 22.0 Å². The second-order valence-electron chi connectivity index (χ2n) is 2.40. The first kappa shape index (κ1) is 9.05. The van der Waals surface area contributed by atoms with Crippen LogP contribution in [0, 0.1) is 0 Å². The number of hydrazine groups is 1. The van der Waals surface area contributed by atoms with Crippen LogP contribution in [-0.2, 0) is 0 Å². The number of hydrogen-bond acceptors (Lipinski definition) is 1. The number of guanidine groups is 1. The molecular formula is C8H11N4O+. The zero-order valence-electron chi connectivity index (χ0n) is 6.95. The van der Waals surface area contributed by atoms with Gasteiger partial charge in [-0.3, -0.25) is 16.3 Å². The van der Waals surface area contributed by atoms with E-state index in [1.165, 1.54) is 0 Å². The molecule has 1 rings (SSSR count). The van der Waals surface area contributed by atoms with Gasteiger partial charge in [0.25, 0.3) is 5.91 Å². The molecule has 0 saturated carbocycles. The lowest BCUT2D eigenvalue weighted by Gasteiger charge is -1.97. The highest BCUT2D eigenvalue weighted by molar-refractivity contribution is 5.93. The largest absolute Gasteiger partial charge is 0.360 e. The molecule has 1 amide bonds. The van der Waals surface area contributed by atoms with Crippen LogP contribution in [0.2, 0.25) is 0 Å². The summed E-state index contributed by atoms with van der Waals surface area (Å²) >= 11 is 0. The van der Waals surface area contributed by atoms with Crippen molar-refractivity contribution in [3.05, 3.63) is 35.9 Å². The summed E-state index contributed by atoms with van der Waals surface area (Å²) in [6, 6.07) is 8.73. The van der Waals surface area contributed by atoms with Gasteiger partial charge in [-0.1, -0.05) is 18.2 Å². The zero-order chi connectivity index (χ0) is 9.68. The Bertz CT molecular complexity index is 316. The van der Waals surface area contributed by atoms with E-state index < -0.39 is 0 Å². The van der Waals surface area contributed by atoms with Gasteiger partial charge in [-0.15, -0.1) is 0 Å². The van der Waals surface area contributed by atoms with E-state index in [4.69, 9.17) is 11.5 Å². The van der Waals surface area contributed by atoms with Crippen molar-refractivity contribution < 1.29 is 9.90 Å². The van der Waals surface area contributed by atoms with Crippen LogP contribution in [0.1, 0.15) is 10.4 Å². The van der Waals surface area contributed by atoms with Crippen LogP contribution in [0.5, 0.6) is 0 Å². The second-order valence-corrected chi connectivity index (χ2v) is 2.40. The molecule has 5 heteroatoms. The van der Waals surface area contributed by atoms with E-state index in [9.17, 15) is 4.79 Å². The summed E-state index contributed by atoms with van der Waals surface area (Å²) in [7, 11) is 0. The van der Waals surface area contributed by atoms with Crippen LogP contribution in [0.15, 0.2) is 30.3 Å². The summed E-state index contributed by atoms with van der Waals surface area (Å²) in [6.07, 6.45) is 0. The minimum atomic E-state index is -0.283. The molecule has 0 radical (unpaired) electrons. The molecule has 0 aromatic heterocycles. The molecule has 0 fully saturated rings. The Balaban J connectivity index is 2.65. The van der Waals surface area contributed by atoms with Gasteiger partial charge in [0.15, 0.2) is 0 Å². The first-order chi connectivity index (χ1) is 6.20. The number of nitrogens with two attached hydrogens (primary N) is 2. The fourth-order valence-corrected chi connectivity index (χ4v) is 0.791. The van der Waals surface area contributed by atoms with Crippen LogP contribution in [0.25, 0.3) is 0 Å². The molecule has 0 unspecified atom stereocenters. The van der Waals surface area contributed by atoms with Crippen molar-refractivity contribution in [3.63, 3.8) is 0 Å². The van der Waals surface area contributed by atoms with E-state index in [2.05, 4.69) is 10.5 Å². The number of nitrogens with one attached hydrogen (secondary N) is 2. The smallest absolute Gasteiger partial charge is 0.289 e. The summed E-state index contributed by atoms with van der Waals surface area (Å²) in [5.41, 5.74) is 13.0. The Labute approximate surface area is 75.4 Å². The van der Waals surface area contributed by atoms with Crippen LogP contribution >= 0.6 is 0 Å². The normalized spacial score (nSPS) is 8.92. The lowest BCUT2D eigenvalue weighted by molar-refractivity contribution is -0.510. The Morgan fingerprint density at radius 1 is 1.23 bits per heavy atom. The molecule has 13 heavy (non-hydrogen) atoms. The summed E-state index contributed by atoms with van der Waals surface area (Å²) in [5.74, 6) is -0.335. The molecule has 0 saturated heterocycles. The molecule has 0 aliphatic heterocycles. The van der Waals surface area contributed by atoms with Crippen molar-refractivity contribution in [2.75, 3.05) is 0 Å². The van der Waals surface area contributed by atoms with Gasteiger partial charge in [-0.05, 0) is 12.1 Å². The van der Waals surface area contributed by atoms with Gasteiger partial charge in [0.1, 0.15) is 0 Å². The molecule has 1 aromatic rings. The third-order valence-corrected chi connectivity index (χ3v) is 1.36. The molecule has 0 heterocycles. The third kappa shape index (κ3) is 2.82. The molecular weight excluding hydrogens is 168 g/mol. The number of hydrogen-bond donors (Lipinski definition) is 4. The summed E-state index contributed by atoms with van der Waals surface area (Å²) in [6.45, 7) is 0. The minimum Gasteiger partial charge on any atom is -0.289 e. The Morgan fingerprint density at radius 3 is 2.38 bits per heavy atom. The van der Waals surface area contributed by atoms with Crippen molar-refractivity contribution >= 4 is 11.9 Å². The van der Waals surface area contributed by atoms with Gasteiger partial charge in [0, 0.05) is 5.56 Å². The van der Waals surface area contributed by atoms with Crippen molar-refractivity contribution in [1.29, 1.82) is 0 Å². The van der Waals surface area contributed by atoms with Gasteiger partial charge in [0.2, 0.25) is 0 Å². The molecule has 1 aromatic carbocycles. The maximum absolute atomic E-state index is 11.3. The fourth-order valence-electron chi connectivity index (χ4n) is 0.791. The van der Waals surface area contributed by atoms with E-state index in [0.717, 1.165) is 0 Å². The predicted octanol–water partition coefficient (Wildman–Crippen LogP) is -2.31. The van der Waals surface area contributed by atoms with Crippen LogP contribution in [0.4, 0.5) is 0 Å². The van der Waals surface area contributed by atoms with E-state index >= 15 is 0 Å². The lowest BCUT2D eigenvalue weighted by Crippen LogP contribution is -2.87. The fraction of sp³-hybridized carbons (Fsp3) is 0. The first-order valence-electron chi connectivity index (χ1n) is 3.69. The highest BCUT2D eigenvalue weighted by Crippen LogP contribution is 1.95. The zero-order valence-corrected chi connectivity index (χ0v) is 6.95. The molecule has 0 atom stereocenters. The van der Waals surface area contributed by atoms with Gasteiger partial charge < -0.3 is 0 Å². The number of carbonyl (C=O) groups is 1. The molecule has 68 valence electrons. The Morgan fingerprint density at radius 2 is 1.85 bits per heavy atom. The number of carbonyl (C=O) groups excluding carboxylic acids is 1. The number of amides is 1. The summed E-state index contributed by atoms with van der Waals surface area (Å²) in [5, 5.41) is 2.32.